The van der Waals surface area contributed by atoms with Gasteiger partial charge in [0.25, 0.3) is 0 Å². The Morgan fingerprint density at radius 3 is 2.14 bits per heavy atom. The lowest BCUT2D eigenvalue weighted by Gasteiger charge is -2.24. The molecule has 0 saturated carbocycles. The molecule has 122 valence electrons. The second-order valence-electron chi connectivity index (χ2n) is 5.65. The van der Waals surface area contributed by atoms with Crippen LogP contribution in [0.5, 0.6) is 0 Å². The van der Waals surface area contributed by atoms with E-state index in [1.54, 1.807) is 20.8 Å². The molecule has 0 aliphatic heterocycles. The summed E-state index contributed by atoms with van der Waals surface area (Å²) in [6, 6.07) is 0. The van der Waals surface area contributed by atoms with Crippen LogP contribution in [0.1, 0.15) is 27.7 Å². The average molecular weight is 304 g/mol. The number of Topliss-reactive ketones (excluding diaryl/α,β-unsaturated/α-hetero) is 1. The topological polar surface area (TPSA) is 99.1 Å². The van der Waals surface area contributed by atoms with Gasteiger partial charge in [0.15, 0.2) is 5.78 Å². The number of carbonyl (C=O) groups excluding carboxylic acids is 2. The van der Waals surface area contributed by atoms with Crippen molar-refractivity contribution in [3.63, 3.8) is 0 Å². The van der Waals surface area contributed by atoms with Crippen LogP contribution in [-0.2, 0) is 28.6 Å². The van der Waals surface area contributed by atoms with Crippen LogP contribution in [0.25, 0.3) is 0 Å². The predicted molar refractivity (Wildman–Crippen MR) is 73.8 cm³/mol. The Morgan fingerprint density at radius 2 is 1.71 bits per heavy atom. The molecule has 7 nitrogen and oxygen atoms in total. The number of methoxy groups -OCH3 is 1. The highest BCUT2D eigenvalue weighted by atomic mass is 16.6. The smallest absolute Gasteiger partial charge is 0.315 e. The van der Waals surface area contributed by atoms with E-state index >= 15 is 0 Å². The molecule has 0 heterocycles. The maximum Gasteiger partial charge on any atom is 0.315 e. The molecule has 2 unspecified atom stereocenters. The first kappa shape index (κ1) is 19.5. The highest BCUT2D eigenvalue weighted by Gasteiger charge is 2.38. The number of hydrogen-bond acceptors (Lipinski definition) is 6. The van der Waals surface area contributed by atoms with Crippen molar-refractivity contribution in [1.29, 1.82) is 0 Å². The zero-order valence-corrected chi connectivity index (χ0v) is 13.2. The van der Waals surface area contributed by atoms with Gasteiger partial charge in [-0.25, -0.2) is 0 Å². The van der Waals surface area contributed by atoms with Gasteiger partial charge in [0, 0.05) is 7.11 Å². The van der Waals surface area contributed by atoms with Crippen molar-refractivity contribution >= 4 is 17.7 Å². The molecule has 0 aromatic heterocycles. The van der Waals surface area contributed by atoms with E-state index in [1.165, 1.54) is 14.0 Å². The van der Waals surface area contributed by atoms with Crippen LogP contribution in [0.2, 0.25) is 0 Å². The maximum atomic E-state index is 11.9. The maximum absolute atomic E-state index is 11.9. The second kappa shape index (κ2) is 8.74. The zero-order chi connectivity index (χ0) is 16.6. The molecule has 0 aromatic carbocycles. The lowest BCUT2D eigenvalue weighted by molar-refractivity contribution is -0.168. The van der Waals surface area contributed by atoms with Crippen LogP contribution < -0.4 is 0 Å². The fourth-order valence-electron chi connectivity index (χ4n) is 1.57. The lowest BCUT2D eigenvalue weighted by Crippen LogP contribution is -2.39. The van der Waals surface area contributed by atoms with Gasteiger partial charge in [0.2, 0.25) is 0 Å². The monoisotopic (exact) mass is 304 g/mol. The lowest BCUT2D eigenvalue weighted by atomic mass is 9.90. The van der Waals surface area contributed by atoms with Crippen molar-refractivity contribution in [3.8, 4) is 0 Å². The summed E-state index contributed by atoms with van der Waals surface area (Å²) in [6.07, 6.45) is 0. The number of ketones is 1. The zero-order valence-electron chi connectivity index (χ0n) is 13.2. The van der Waals surface area contributed by atoms with Gasteiger partial charge in [-0.15, -0.1) is 0 Å². The summed E-state index contributed by atoms with van der Waals surface area (Å²) in [5, 5.41) is 9.16. The Kier molecular flexibility index (Phi) is 8.12. The first-order valence-corrected chi connectivity index (χ1v) is 6.65. The SMILES string of the molecule is COCCOCC(=O)C(C(=O)O)C(C)C(=O)OC(C)(C)C. The van der Waals surface area contributed by atoms with Crippen molar-refractivity contribution in [2.24, 2.45) is 11.8 Å². The number of hydrogen-bond donors (Lipinski definition) is 1. The van der Waals surface area contributed by atoms with Crippen LogP contribution in [0.3, 0.4) is 0 Å². The summed E-state index contributed by atoms with van der Waals surface area (Å²) >= 11 is 0. The Balaban J connectivity index is 4.69. The minimum absolute atomic E-state index is 0.176. The van der Waals surface area contributed by atoms with Crippen molar-refractivity contribution in [2.75, 3.05) is 26.9 Å². The van der Waals surface area contributed by atoms with E-state index in [9.17, 15) is 14.4 Å². The number of carboxylic acids is 1. The van der Waals surface area contributed by atoms with Gasteiger partial charge in [0.05, 0.1) is 19.1 Å². The van der Waals surface area contributed by atoms with Crippen LogP contribution in [0.15, 0.2) is 0 Å². The third-order valence-electron chi connectivity index (χ3n) is 2.57. The summed E-state index contributed by atoms with van der Waals surface area (Å²) < 4.78 is 14.9. The van der Waals surface area contributed by atoms with E-state index in [0.717, 1.165) is 0 Å². The molecule has 2 atom stereocenters. The average Bonchev–Trinajstić information content (AvgIpc) is 2.32. The van der Waals surface area contributed by atoms with Crippen LogP contribution in [0.4, 0.5) is 0 Å². The Morgan fingerprint density at radius 1 is 1.14 bits per heavy atom. The molecule has 1 N–H and O–H groups in total. The number of carbonyl (C=O) groups is 3. The molecule has 7 heteroatoms. The van der Waals surface area contributed by atoms with E-state index in [0.29, 0.717) is 6.61 Å². The molecular formula is C14H24O7. The van der Waals surface area contributed by atoms with Gasteiger partial charge in [-0.1, -0.05) is 6.92 Å². The van der Waals surface area contributed by atoms with Gasteiger partial charge >= 0.3 is 11.9 Å². The Hall–Kier alpha value is -1.47. The summed E-state index contributed by atoms with van der Waals surface area (Å²) in [5.74, 6) is -5.33. The minimum Gasteiger partial charge on any atom is -0.481 e. The fourth-order valence-corrected chi connectivity index (χ4v) is 1.57. The number of ether oxygens (including phenoxy) is 3. The highest BCUT2D eigenvalue weighted by molar-refractivity contribution is 6.02. The van der Waals surface area contributed by atoms with Gasteiger partial charge in [-0.3, -0.25) is 14.4 Å². The van der Waals surface area contributed by atoms with Crippen molar-refractivity contribution < 1.29 is 33.7 Å². The quantitative estimate of drug-likeness (QED) is 0.384. The Labute approximate surface area is 124 Å². The summed E-state index contributed by atoms with van der Waals surface area (Å²) in [5.41, 5.74) is -0.744. The van der Waals surface area contributed by atoms with E-state index in [1.807, 2.05) is 0 Å². The number of carboxylic acid groups (broad SMARTS) is 1. The molecule has 21 heavy (non-hydrogen) atoms. The molecule has 0 aliphatic rings. The minimum atomic E-state index is -1.48. The third kappa shape index (κ3) is 7.77. The number of esters is 1. The van der Waals surface area contributed by atoms with E-state index in [-0.39, 0.29) is 13.2 Å². The highest BCUT2D eigenvalue weighted by Crippen LogP contribution is 2.19. The van der Waals surface area contributed by atoms with E-state index < -0.39 is 35.2 Å². The fraction of sp³-hybridized carbons (Fsp3) is 0.786. The van der Waals surface area contributed by atoms with Crippen LogP contribution in [0, 0.1) is 11.8 Å². The Bertz CT molecular complexity index is 370. The van der Waals surface area contributed by atoms with Crippen LogP contribution >= 0.6 is 0 Å². The van der Waals surface area contributed by atoms with Crippen molar-refractivity contribution in [1.82, 2.24) is 0 Å². The summed E-state index contributed by atoms with van der Waals surface area (Å²) in [4.78, 5) is 35.0. The van der Waals surface area contributed by atoms with Gasteiger partial charge in [-0.2, -0.15) is 0 Å². The van der Waals surface area contributed by atoms with E-state index in [2.05, 4.69) is 0 Å². The first-order chi connectivity index (χ1) is 9.60. The van der Waals surface area contributed by atoms with Gasteiger partial charge in [0.1, 0.15) is 18.1 Å². The predicted octanol–water partition coefficient (Wildman–Crippen LogP) is 0.897. The molecule has 0 aliphatic carbocycles. The summed E-state index contributed by atoms with van der Waals surface area (Å²) in [6.45, 7) is 6.46. The number of rotatable bonds is 9. The van der Waals surface area contributed by atoms with Crippen LogP contribution in [-0.4, -0.2) is 55.4 Å². The molecule has 0 amide bonds. The molecule has 0 radical (unpaired) electrons. The number of aliphatic carboxylic acids is 1. The second-order valence-corrected chi connectivity index (χ2v) is 5.65. The molecule has 0 bridgehead atoms. The van der Waals surface area contributed by atoms with Gasteiger partial charge in [-0.05, 0) is 20.8 Å². The first-order valence-electron chi connectivity index (χ1n) is 6.65. The third-order valence-corrected chi connectivity index (χ3v) is 2.57. The largest absolute Gasteiger partial charge is 0.481 e. The molecule has 0 aromatic rings. The van der Waals surface area contributed by atoms with Crippen molar-refractivity contribution in [2.45, 2.75) is 33.3 Å². The van der Waals surface area contributed by atoms with Gasteiger partial charge < -0.3 is 19.3 Å². The molecular weight excluding hydrogens is 280 g/mol. The summed E-state index contributed by atoms with van der Waals surface area (Å²) in [7, 11) is 1.48. The van der Waals surface area contributed by atoms with Crippen molar-refractivity contribution in [3.05, 3.63) is 0 Å². The normalized spacial score (nSPS) is 14.3. The van der Waals surface area contributed by atoms with E-state index in [4.69, 9.17) is 19.3 Å². The molecule has 0 fully saturated rings. The molecule has 0 rings (SSSR count). The standard InChI is InChI=1S/C14H24O7/c1-9(13(18)21-14(2,3)4)11(12(16)17)10(15)8-20-7-6-19-5/h9,11H,6-8H2,1-5H3,(H,16,17). The molecule has 0 spiro atoms. The molecule has 0 saturated heterocycles.